The van der Waals surface area contributed by atoms with Gasteiger partial charge in [-0.1, -0.05) is 32.6 Å². The monoisotopic (exact) mass is 280 g/mol. The van der Waals surface area contributed by atoms with Crippen LogP contribution in [0.3, 0.4) is 0 Å². The van der Waals surface area contributed by atoms with Gasteiger partial charge in [0, 0.05) is 20.1 Å². The van der Waals surface area contributed by atoms with Crippen LogP contribution in [0.1, 0.15) is 64.7 Å². The van der Waals surface area contributed by atoms with Gasteiger partial charge in [0.15, 0.2) is 0 Å². The minimum Gasteiger partial charge on any atom is -0.345 e. The standard InChI is InChI=1S/C17H32N2O/c1-3-10-17(11-7-12-18-14-17)16(20)19(2)13-15-8-5-4-6-9-15/h15,18H,3-14H2,1-2H3. The van der Waals surface area contributed by atoms with E-state index in [1.807, 2.05) is 7.05 Å². The van der Waals surface area contributed by atoms with Gasteiger partial charge in [-0.2, -0.15) is 0 Å². The number of nitrogens with one attached hydrogen (secondary N) is 1. The van der Waals surface area contributed by atoms with Crippen molar-refractivity contribution in [2.24, 2.45) is 11.3 Å². The highest BCUT2D eigenvalue weighted by atomic mass is 16.2. The molecular formula is C17H32N2O. The number of piperidine rings is 1. The molecular weight excluding hydrogens is 248 g/mol. The Morgan fingerprint density at radius 2 is 2.00 bits per heavy atom. The van der Waals surface area contributed by atoms with Gasteiger partial charge in [-0.25, -0.2) is 0 Å². The predicted molar refractivity (Wildman–Crippen MR) is 83.7 cm³/mol. The van der Waals surface area contributed by atoms with Crippen LogP contribution in [0.25, 0.3) is 0 Å². The Labute approximate surface area is 124 Å². The fourth-order valence-electron chi connectivity index (χ4n) is 4.19. The average molecular weight is 280 g/mol. The first kappa shape index (κ1) is 15.8. The van der Waals surface area contributed by atoms with E-state index < -0.39 is 0 Å². The minimum absolute atomic E-state index is 0.115. The van der Waals surface area contributed by atoms with Crippen LogP contribution < -0.4 is 5.32 Å². The van der Waals surface area contributed by atoms with Gasteiger partial charge in [0.05, 0.1) is 5.41 Å². The van der Waals surface area contributed by atoms with Crippen LogP contribution in [0.2, 0.25) is 0 Å². The lowest BCUT2D eigenvalue weighted by Crippen LogP contribution is -2.51. The van der Waals surface area contributed by atoms with E-state index in [-0.39, 0.29) is 5.41 Å². The highest BCUT2D eigenvalue weighted by Gasteiger charge is 2.40. The van der Waals surface area contributed by atoms with E-state index in [2.05, 4.69) is 17.1 Å². The quantitative estimate of drug-likeness (QED) is 0.839. The summed E-state index contributed by atoms with van der Waals surface area (Å²) in [4.78, 5) is 15.0. The van der Waals surface area contributed by atoms with Crippen LogP contribution >= 0.6 is 0 Å². The van der Waals surface area contributed by atoms with Crippen molar-refractivity contribution < 1.29 is 4.79 Å². The van der Waals surface area contributed by atoms with Crippen molar-refractivity contribution in [2.75, 3.05) is 26.7 Å². The summed E-state index contributed by atoms with van der Waals surface area (Å²) < 4.78 is 0. The van der Waals surface area contributed by atoms with E-state index in [4.69, 9.17) is 0 Å². The van der Waals surface area contributed by atoms with E-state index in [1.165, 1.54) is 32.1 Å². The lowest BCUT2D eigenvalue weighted by Gasteiger charge is -2.40. The van der Waals surface area contributed by atoms with Crippen molar-refractivity contribution in [1.82, 2.24) is 10.2 Å². The van der Waals surface area contributed by atoms with Crippen LogP contribution in [0.4, 0.5) is 0 Å². The second kappa shape index (κ2) is 7.44. The Bertz CT molecular complexity index is 299. The number of rotatable bonds is 5. The molecule has 1 amide bonds. The largest absolute Gasteiger partial charge is 0.345 e. The molecule has 0 radical (unpaired) electrons. The molecule has 0 aromatic heterocycles. The number of nitrogens with zero attached hydrogens (tertiary/aromatic N) is 1. The van der Waals surface area contributed by atoms with Gasteiger partial charge in [0.1, 0.15) is 0 Å². The summed E-state index contributed by atoms with van der Waals surface area (Å²) in [5.41, 5.74) is -0.115. The summed E-state index contributed by atoms with van der Waals surface area (Å²) in [7, 11) is 2.03. The molecule has 1 atom stereocenters. The van der Waals surface area contributed by atoms with E-state index >= 15 is 0 Å². The Morgan fingerprint density at radius 3 is 2.60 bits per heavy atom. The zero-order chi connectivity index (χ0) is 14.4. The molecule has 2 rings (SSSR count). The van der Waals surface area contributed by atoms with Crippen molar-refractivity contribution in [2.45, 2.75) is 64.7 Å². The highest BCUT2D eigenvalue weighted by Crippen LogP contribution is 2.34. The second-order valence-electron chi connectivity index (χ2n) is 7.00. The Balaban J connectivity index is 1.95. The third-order valence-electron chi connectivity index (χ3n) is 5.26. The Hall–Kier alpha value is -0.570. The Kier molecular flexibility index (Phi) is 5.88. The van der Waals surface area contributed by atoms with Crippen LogP contribution in [-0.2, 0) is 4.79 Å². The number of amides is 1. The summed E-state index contributed by atoms with van der Waals surface area (Å²) in [5, 5.41) is 3.45. The molecule has 0 aromatic carbocycles. The maximum Gasteiger partial charge on any atom is 0.229 e. The normalized spacial score (nSPS) is 28.3. The SMILES string of the molecule is CCCC1(C(=O)N(C)CC2CCCCC2)CCCNC1. The summed E-state index contributed by atoms with van der Waals surface area (Å²) in [6.45, 7) is 5.13. The molecule has 116 valence electrons. The lowest BCUT2D eigenvalue weighted by atomic mass is 9.75. The number of hydrogen-bond donors (Lipinski definition) is 1. The number of carbonyl (C=O) groups is 1. The molecule has 2 aliphatic rings. The number of carbonyl (C=O) groups excluding carboxylic acids is 1. The molecule has 3 nitrogen and oxygen atoms in total. The van der Waals surface area contributed by atoms with Crippen molar-refractivity contribution in [3.8, 4) is 0 Å². The molecule has 1 N–H and O–H groups in total. The molecule has 0 aromatic rings. The van der Waals surface area contributed by atoms with Crippen LogP contribution in [0.5, 0.6) is 0 Å². The molecule has 1 aliphatic heterocycles. The van der Waals surface area contributed by atoms with Gasteiger partial charge < -0.3 is 10.2 Å². The average Bonchev–Trinajstić information content (AvgIpc) is 2.48. The second-order valence-corrected chi connectivity index (χ2v) is 7.00. The summed E-state index contributed by atoms with van der Waals surface area (Å²) >= 11 is 0. The zero-order valence-corrected chi connectivity index (χ0v) is 13.4. The minimum atomic E-state index is -0.115. The first-order valence-corrected chi connectivity index (χ1v) is 8.64. The zero-order valence-electron chi connectivity index (χ0n) is 13.4. The molecule has 1 unspecified atom stereocenters. The maximum absolute atomic E-state index is 13.0. The molecule has 3 heteroatoms. The van der Waals surface area contributed by atoms with Gasteiger partial charge in [-0.15, -0.1) is 0 Å². The van der Waals surface area contributed by atoms with Gasteiger partial charge in [0.25, 0.3) is 0 Å². The van der Waals surface area contributed by atoms with Gasteiger partial charge >= 0.3 is 0 Å². The summed E-state index contributed by atoms with van der Waals surface area (Å²) in [6, 6.07) is 0. The van der Waals surface area contributed by atoms with Crippen LogP contribution in [0.15, 0.2) is 0 Å². The Morgan fingerprint density at radius 1 is 1.25 bits per heavy atom. The molecule has 1 saturated carbocycles. The first-order chi connectivity index (χ1) is 9.68. The number of hydrogen-bond acceptors (Lipinski definition) is 2. The highest BCUT2D eigenvalue weighted by molar-refractivity contribution is 5.83. The molecule has 0 spiro atoms. The van der Waals surface area contributed by atoms with Crippen molar-refractivity contribution in [3.63, 3.8) is 0 Å². The van der Waals surface area contributed by atoms with E-state index in [0.29, 0.717) is 5.91 Å². The lowest BCUT2D eigenvalue weighted by molar-refractivity contribution is -0.143. The third kappa shape index (κ3) is 3.75. The van der Waals surface area contributed by atoms with Gasteiger partial charge in [-0.05, 0) is 44.6 Å². The van der Waals surface area contributed by atoms with E-state index in [1.54, 1.807) is 0 Å². The molecule has 1 aliphatic carbocycles. The fraction of sp³-hybridized carbons (Fsp3) is 0.941. The van der Waals surface area contributed by atoms with Crippen molar-refractivity contribution in [3.05, 3.63) is 0 Å². The summed E-state index contributed by atoms with van der Waals surface area (Å²) in [6.07, 6.45) is 11.1. The van der Waals surface area contributed by atoms with Crippen molar-refractivity contribution >= 4 is 5.91 Å². The molecule has 1 saturated heterocycles. The van der Waals surface area contributed by atoms with Gasteiger partial charge in [-0.3, -0.25) is 4.79 Å². The van der Waals surface area contributed by atoms with E-state index in [0.717, 1.165) is 51.2 Å². The first-order valence-electron chi connectivity index (χ1n) is 8.64. The van der Waals surface area contributed by atoms with Gasteiger partial charge in [0.2, 0.25) is 5.91 Å². The third-order valence-corrected chi connectivity index (χ3v) is 5.26. The predicted octanol–water partition coefficient (Wildman–Crippen LogP) is 3.20. The fourth-order valence-corrected chi connectivity index (χ4v) is 4.19. The van der Waals surface area contributed by atoms with Crippen molar-refractivity contribution in [1.29, 1.82) is 0 Å². The van der Waals surface area contributed by atoms with Crippen LogP contribution in [-0.4, -0.2) is 37.5 Å². The van der Waals surface area contributed by atoms with E-state index in [9.17, 15) is 4.79 Å². The topological polar surface area (TPSA) is 32.3 Å². The molecule has 1 heterocycles. The van der Waals surface area contributed by atoms with Crippen LogP contribution in [0, 0.1) is 11.3 Å². The molecule has 0 bridgehead atoms. The smallest absolute Gasteiger partial charge is 0.229 e. The maximum atomic E-state index is 13.0. The molecule has 20 heavy (non-hydrogen) atoms. The summed E-state index contributed by atoms with van der Waals surface area (Å²) in [5.74, 6) is 1.14. The molecule has 2 fully saturated rings.